The van der Waals surface area contributed by atoms with Crippen molar-refractivity contribution in [2.75, 3.05) is 0 Å². The van der Waals surface area contributed by atoms with Gasteiger partial charge < -0.3 is 10.6 Å². The Kier molecular flexibility index (Phi) is 7.46. The molecule has 0 saturated heterocycles. The second-order valence-corrected chi connectivity index (χ2v) is 9.26. The summed E-state index contributed by atoms with van der Waals surface area (Å²) >= 11 is 0. The SMILES string of the molecule is CC(NC1CCC(NC(C)C2CCCCC2)CC1)C1CCCCC1. The van der Waals surface area contributed by atoms with E-state index in [9.17, 15) is 0 Å². The maximum Gasteiger partial charge on any atom is 0.00708 e. The Morgan fingerprint density at radius 2 is 0.833 bits per heavy atom. The van der Waals surface area contributed by atoms with E-state index in [0.29, 0.717) is 0 Å². The third-order valence-electron chi connectivity index (χ3n) is 7.44. The largest absolute Gasteiger partial charge is 0.311 e. The Hall–Kier alpha value is -0.0800. The van der Waals surface area contributed by atoms with E-state index in [-0.39, 0.29) is 0 Å². The average Bonchev–Trinajstić information content (AvgIpc) is 2.65. The lowest BCUT2D eigenvalue weighted by atomic mass is 9.82. The van der Waals surface area contributed by atoms with Gasteiger partial charge in [-0.15, -0.1) is 0 Å². The molecule has 3 aliphatic rings. The van der Waals surface area contributed by atoms with Crippen molar-refractivity contribution in [2.45, 2.75) is 128 Å². The molecule has 0 spiro atoms. The van der Waals surface area contributed by atoms with Crippen LogP contribution in [0.4, 0.5) is 0 Å². The molecule has 2 N–H and O–H groups in total. The number of hydrogen-bond donors (Lipinski definition) is 2. The van der Waals surface area contributed by atoms with Gasteiger partial charge in [0.2, 0.25) is 0 Å². The van der Waals surface area contributed by atoms with Gasteiger partial charge in [-0.1, -0.05) is 38.5 Å². The molecule has 3 aliphatic carbocycles. The fourth-order valence-corrected chi connectivity index (χ4v) is 5.71. The van der Waals surface area contributed by atoms with E-state index in [1.807, 2.05) is 0 Å². The van der Waals surface area contributed by atoms with Crippen LogP contribution in [0.1, 0.15) is 104 Å². The summed E-state index contributed by atoms with van der Waals surface area (Å²) in [5, 5.41) is 8.00. The average molecular weight is 335 g/mol. The minimum atomic E-state index is 0.737. The highest BCUT2D eigenvalue weighted by molar-refractivity contribution is 4.87. The summed E-state index contributed by atoms with van der Waals surface area (Å²) in [6.45, 7) is 4.90. The van der Waals surface area contributed by atoms with Crippen molar-refractivity contribution in [3.05, 3.63) is 0 Å². The van der Waals surface area contributed by atoms with Crippen molar-refractivity contribution in [2.24, 2.45) is 11.8 Å². The highest BCUT2D eigenvalue weighted by atomic mass is 15.0. The summed E-state index contributed by atoms with van der Waals surface area (Å²) in [6, 6.07) is 3.04. The summed E-state index contributed by atoms with van der Waals surface area (Å²) in [5.74, 6) is 1.89. The molecule has 24 heavy (non-hydrogen) atoms. The van der Waals surface area contributed by atoms with Crippen LogP contribution >= 0.6 is 0 Å². The minimum Gasteiger partial charge on any atom is -0.311 e. The lowest BCUT2D eigenvalue weighted by molar-refractivity contribution is 0.209. The molecule has 0 aliphatic heterocycles. The van der Waals surface area contributed by atoms with Gasteiger partial charge in [-0.25, -0.2) is 0 Å². The molecule has 0 amide bonds. The highest BCUT2D eigenvalue weighted by Gasteiger charge is 2.28. The van der Waals surface area contributed by atoms with Gasteiger partial charge in [-0.05, 0) is 77.0 Å². The molecule has 2 nitrogen and oxygen atoms in total. The summed E-state index contributed by atoms with van der Waals surface area (Å²) in [7, 11) is 0. The van der Waals surface area contributed by atoms with E-state index in [4.69, 9.17) is 0 Å². The van der Waals surface area contributed by atoms with Crippen LogP contribution in [0, 0.1) is 11.8 Å². The lowest BCUT2D eigenvalue weighted by Gasteiger charge is -2.37. The highest BCUT2D eigenvalue weighted by Crippen LogP contribution is 2.29. The Balaban J connectivity index is 1.34. The predicted octanol–water partition coefficient (Wildman–Crippen LogP) is 5.41. The minimum absolute atomic E-state index is 0.737. The molecule has 2 atom stereocenters. The number of hydrogen-bond acceptors (Lipinski definition) is 2. The molecule has 0 radical (unpaired) electrons. The lowest BCUT2D eigenvalue weighted by Crippen LogP contribution is -2.48. The van der Waals surface area contributed by atoms with Gasteiger partial charge in [0.05, 0.1) is 0 Å². The van der Waals surface area contributed by atoms with Crippen molar-refractivity contribution < 1.29 is 0 Å². The maximum atomic E-state index is 4.00. The van der Waals surface area contributed by atoms with Crippen molar-refractivity contribution in [3.8, 4) is 0 Å². The summed E-state index contributed by atoms with van der Waals surface area (Å²) in [6.07, 6.45) is 20.2. The molecule has 3 rings (SSSR count). The van der Waals surface area contributed by atoms with Crippen LogP contribution < -0.4 is 10.6 Å². The standard InChI is InChI=1S/C22H42N2/c1-17(19-9-5-3-6-10-19)23-21-13-15-22(16-14-21)24-18(2)20-11-7-4-8-12-20/h17-24H,3-16H2,1-2H3. The second kappa shape index (κ2) is 9.57. The first kappa shape index (κ1) is 18.7. The van der Waals surface area contributed by atoms with E-state index in [2.05, 4.69) is 24.5 Å². The fourth-order valence-electron chi connectivity index (χ4n) is 5.71. The van der Waals surface area contributed by atoms with E-state index < -0.39 is 0 Å². The first-order chi connectivity index (χ1) is 11.7. The molecule has 2 heteroatoms. The summed E-state index contributed by atoms with van der Waals surface area (Å²) < 4.78 is 0. The van der Waals surface area contributed by atoms with Crippen molar-refractivity contribution in [1.82, 2.24) is 10.6 Å². The van der Waals surface area contributed by atoms with Crippen molar-refractivity contribution in [3.63, 3.8) is 0 Å². The van der Waals surface area contributed by atoms with Gasteiger partial charge in [-0.3, -0.25) is 0 Å². The Bertz CT molecular complexity index is 302. The smallest absolute Gasteiger partial charge is 0.00708 e. The molecule has 0 heterocycles. The Morgan fingerprint density at radius 1 is 0.500 bits per heavy atom. The van der Waals surface area contributed by atoms with Gasteiger partial charge in [0.15, 0.2) is 0 Å². The molecule has 0 aromatic heterocycles. The zero-order valence-electron chi connectivity index (χ0n) is 16.4. The second-order valence-electron chi connectivity index (χ2n) is 9.26. The molecule has 0 aromatic rings. The number of rotatable bonds is 6. The third kappa shape index (κ3) is 5.46. The zero-order valence-corrected chi connectivity index (χ0v) is 16.4. The van der Waals surface area contributed by atoms with E-state index in [1.54, 1.807) is 0 Å². The van der Waals surface area contributed by atoms with Crippen LogP contribution in [0.3, 0.4) is 0 Å². The Morgan fingerprint density at radius 3 is 1.17 bits per heavy atom. The molecule has 0 aromatic carbocycles. The first-order valence-electron chi connectivity index (χ1n) is 11.2. The topological polar surface area (TPSA) is 24.1 Å². The van der Waals surface area contributed by atoms with Crippen LogP contribution in [-0.2, 0) is 0 Å². The van der Waals surface area contributed by atoms with E-state index in [1.165, 1.54) is 89.9 Å². The molecule has 2 unspecified atom stereocenters. The van der Waals surface area contributed by atoms with Crippen LogP contribution in [0.2, 0.25) is 0 Å². The zero-order chi connectivity index (χ0) is 16.8. The van der Waals surface area contributed by atoms with Gasteiger partial charge in [0.1, 0.15) is 0 Å². The fraction of sp³-hybridized carbons (Fsp3) is 1.00. The van der Waals surface area contributed by atoms with Gasteiger partial charge in [-0.2, -0.15) is 0 Å². The molecule has 3 saturated carbocycles. The van der Waals surface area contributed by atoms with Gasteiger partial charge >= 0.3 is 0 Å². The Labute approximate surface area is 150 Å². The molecule has 3 fully saturated rings. The summed E-state index contributed by atoms with van der Waals surface area (Å²) in [5.41, 5.74) is 0. The quantitative estimate of drug-likeness (QED) is 0.678. The van der Waals surface area contributed by atoms with Crippen LogP contribution in [0.15, 0.2) is 0 Å². The normalized spacial score (nSPS) is 33.2. The third-order valence-corrected chi connectivity index (χ3v) is 7.44. The van der Waals surface area contributed by atoms with Crippen molar-refractivity contribution >= 4 is 0 Å². The predicted molar refractivity (Wildman–Crippen MR) is 104 cm³/mol. The monoisotopic (exact) mass is 334 g/mol. The van der Waals surface area contributed by atoms with E-state index in [0.717, 1.165) is 36.0 Å². The van der Waals surface area contributed by atoms with Crippen molar-refractivity contribution in [1.29, 1.82) is 0 Å². The molecular weight excluding hydrogens is 292 g/mol. The van der Waals surface area contributed by atoms with Gasteiger partial charge in [0, 0.05) is 24.2 Å². The maximum absolute atomic E-state index is 4.00. The molecule has 140 valence electrons. The van der Waals surface area contributed by atoms with Crippen LogP contribution in [0.5, 0.6) is 0 Å². The summed E-state index contributed by atoms with van der Waals surface area (Å²) in [4.78, 5) is 0. The van der Waals surface area contributed by atoms with Gasteiger partial charge in [0.25, 0.3) is 0 Å². The molecular formula is C22H42N2. The van der Waals surface area contributed by atoms with E-state index >= 15 is 0 Å². The van der Waals surface area contributed by atoms with Crippen LogP contribution in [-0.4, -0.2) is 24.2 Å². The number of nitrogens with one attached hydrogen (secondary N) is 2. The van der Waals surface area contributed by atoms with Crippen LogP contribution in [0.25, 0.3) is 0 Å². The first-order valence-corrected chi connectivity index (χ1v) is 11.2. The molecule has 0 bridgehead atoms.